The summed E-state index contributed by atoms with van der Waals surface area (Å²) in [7, 11) is 0. The molecule has 4 unspecified atom stereocenters. The van der Waals surface area contributed by atoms with Crippen molar-refractivity contribution in [3.8, 4) is 0 Å². The summed E-state index contributed by atoms with van der Waals surface area (Å²) in [5.74, 6) is 6.15. The monoisotopic (exact) mass is 295 g/mol. The first-order valence-electron chi connectivity index (χ1n) is 9.35. The molecule has 0 spiro atoms. The highest BCUT2D eigenvalue weighted by molar-refractivity contribution is 5.01. The van der Waals surface area contributed by atoms with E-state index in [4.69, 9.17) is 0 Å². The fraction of sp³-hybridized carbons (Fsp3) is 1.00. The maximum Gasteiger partial charge on any atom is 0.0126 e. The Labute approximate surface area is 134 Å². The van der Waals surface area contributed by atoms with Gasteiger partial charge in [-0.15, -0.1) is 0 Å². The van der Waals surface area contributed by atoms with Gasteiger partial charge in [-0.3, -0.25) is 0 Å². The average molecular weight is 296 g/mol. The lowest BCUT2D eigenvalue weighted by atomic mass is 9.57. The van der Waals surface area contributed by atoms with Crippen molar-refractivity contribution in [2.24, 2.45) is 47.3 Å². The second-order valence-corrected chi connectivity index (χ2v) is 9.17. The molecule has 1 fully saturated rings. The van der Waals surface area contributed by atoms with Crippen molar-refractivity contribution in [3.63, 3.8) is 0 Å². The maximum atomic E-state index is 4.10. The SMILES string of the molecule is CC(C)C1NC(C(C)C)C(C(C)C)C(C(C)C)C1C(C)C. The quantitative estimate of drug-likeness (QED) is 0.710. The molecule has 21 heavy (non-hydrogen) atoms. The zero-order chi connectivity index (χ0) is 16.5. The van der Waals surface area contributed by atoms with Crippen LogP contribution in [0.4, 0.5) is 0 Å². The lowest BCUT2D eigenvalue weighted by Crippen LogP contribution is -2.63. The van der Waals surface area contributed by atoms with Gasteiger partial charge in [-0.2, -0.15) is 0 Å². The molecule has 0 bridgehead atoms. The van der Waals surface area contributed by atoms with Gasteiger partial charge in [0.2, 0.25) is 0 Å². The van der Waals surface area contributed by atoms with Crippen LogP contribution < -0.4 is 5.32 Å². The molecular weight excluding hydrogens is 254 g/mol. The third kappa shape index (κ3) is 4.03. The summed E-state index contributed by atoms with van der Waals surface area (Å²) in [6.07, 6.45) is 0. The molecule has 0 radical (unpaired) electrons. The van der Waals surface area contributed by atoms with E-state index >= 15 is 0 Å². The smallest absolute Gasteiger partial charge is 0.0126 e. The summed E-state index contributed by atoms with van der Waals surface area (Å²) in [5.41, 5.74) is 0. The van der Waals surface area contributed by atoms with Crippen LogP contribution in [-0.4, -0.2) is 12.1 Å². The maximum absolute atomic E-state index is 4.10. The lowest BCUT2D eigenvalue weighted by molar-refractivity contribution is -0.0294. The molecule has 126 valence electrons. The average Bonchev–Trinajstić information content (AvgIpc) is 2.34. The summed E-state index contributed by atoms with van der Waals surface area (Å²) < 4.78 is 0. The normalized spacial score (nSPS) is 34.7. The Morgan fingerprint density at radius 2 is 0.714 bits per heavy atom. The molecule has 0 amide bonds. The van der Waals surface area contributed by atoms with Gasteiger partial charge < -0.3 is 5.32 Å². The molecular formula is C20H41N. The molecule has 0 aliphatic carbocycles. The van der Waals surface area contributed by atoms with Crippen LogP contribution in [0.2, 0.25) is 0 Å². The highest BCUT2D eigenvalue weighted by Gasteiger charge is 2.48. The lowest BCUT2D eigenvalue weighted by Gasteiger charge is -2.55. The molecule has 0 aromatic rings. The molecule has 1 aliphatic rings. The Kier molecular flexibility index (Phi) is 6.78. The van der Waals surface area contributed by atoms with E-state index in [9.17, 15) is 0 Å². The van der Waals surface area contributed by atoms with Crippen LogP contribution in [0.25, 0.3) is 0 Å². The number of hydrogen-bond acceptors (Lipinski definition) is 1. The van der Waals surface area contributed by atoms with Crippen LogP contribution >= 0.6 is 0 Å². The zero-order valence-corrected chi connectivity index (χ0v) is 16.3. The first-order chi connectivity index (χ1) is 9.59. The predicted octanol–water partition coefficient (Wildman–Crippen LogP) is 5.46. The number of nitrogens with one attached hydrogen (secondary N) is 1. The van der Waals surface area contributed by atoms with E-state index in [0.717, 1.165) is 35.5 Å². The molecule has 0 saturated carbocycles. The van der Waals surface area contributed by atoms with Crippen LogP contribution in [0, 0.1) is 47.3 Å². The third-order valence-corrected chi connectivity index (χ3v) is 5.85. The third-order valence-electron chi connectivity index (χ3n) is 5.85. The van der Waals surface area contributed by atoms with Gasteiger partial charge in [0.25, 0.3) is 0 Å². The Morgan fingerprint density at radius 1 is 0.429 bits per heavy atom. The van der Waals surface area contributed by atoms with Gasteiger partial charge in [0.05, 0.1) is 0 Å². The standard InChI is InChI=1S/C20H41N/c1-11(2)16-17(12(3)4)19(14(7)8)21-20(15(9)10)18(16)13(5)6/h11-21H,1-10H3. The largest absolute Gasteiger partial charge is 0.310 e. The Hall–Kier alpha value is -0.0400. The molecule has 1 heterocycles. The Balaban J connectivity index is 3.28. The number of piperidine rings is 1. The van der Waals surface area contributed by atoms with E-state index < -0.39 is 0 Å². The van der Waals surface area contributed by atoms with Crippen LogP contribution in [0.15, 0.2) is 0 Å². The number of rotatable bonds is 5. The van der Waals surface area contributed by atoms with Gasteiger partial charge >= 0.3 is 0 Å². The fourth-order valence-electron chi connectivity index (χ4n) is 5.06. The topological polar surface area (TPSA) is 12.0 Å². The summed E-state index contributed by atoms with van der Waals surface area (Å²) in [6.45, 7) is 24.2. The van der Waals surface area contributed by atoms with Gasteiger partial charge in [-0.1, -0.05) is 69.2 Å². The highest BCUT2D eigenvalue weighted by Crippen LogP contribution is 2.46. The van der Waals surface area contributed by atoms with Crippen molar-refractivity contribution >= 4 is 0 Å². The van der Waals surface area contributed by atoms with Gasteiger partial charge in [0.15, 0.2) is 0 Å². The molecule has 1 saturated heterocycles. The van der Waals surface area contributed by atoms with Crippen molar-refractivity contribution in [2.45, 2.75) is 81.3 Å². The van der Waals surface area contributed by atoms with E-state index in [-0.39, 0.29) is 0 Å². The summed E-state index contributed by atoms with van der Waals surface area (Å²) in [6, 6.07) is 1.33. The van der Waals surface area contributed by atoms with Gasteiger partial charge in [0, 0.05) is 12.1 Å². The summed E-state index contributed by atoms with van der Waals surface area (Å²) in [5, 5.41) is 4.10. The molecule has 1 aliphatic heterocycles. The van der Waals surface area contributed by atoms with Crippen molar-refractivity contribution in [2.75, 3.05) is 0 Å². The van der Waals surface area contributed by atoms with E-state index in [1.54, 1.807) is 0 Å². The molecule has 1 rings (SSSR count). The van der Waals surface area contributed by atoms with Gasteiger partial charge in [-0.25, -0.2) is 0 Å². The van der Waals surface area contributed by atoms with E-state index in [2.05, 4.69) is 74.6 Å². The van der Waals surface area contributed by atoms with Crippen molar-refractivity contribution in [1.29, 1.82) is 0 Å². The van der Waals surface area contributed by atoms with Crippen LogP contribution in [-0.2, 0) is 0 Å². The highest BCUT2D eigenvalue weighted by atomic mass is 15.0. The molecule has 1 nitrogen and oxygen atoms in total. The Morgan fingerprint density at radius 3 is 0.905 bits per heavy atom. The van der Waals surface area contributed by atoms with Gasteiger partial charge in [0.1, 0.15) is 0 Å². The van der Waals surface area contributed by atoms with Crippen LogP contribution in [0.3, 0.4) is 0 Å². The molecule has 0 aromatic carbocycles. The minimum Gasteiger partial charge on any atom is -0.310 e. The van der Waals surface area contributed by atoms with Crippen molar-refractivity contribution < 1.29 is 0 Å². The second-order valence-electron chi connectivity index (χ2n) is 9.17. The first kappa shape index (κ1) is 19.0. The van der Waals surface area contributed by atoms with E-state index in [1.165, 1.54) is 0 Å². The predicted molar refractivity (Wildman–Crippen MR) is 95.4 cm³/mol. The zero-order valence-electron chi connectivity index (χ0n) is 16.3. The summed E-state index contributed by atoms with van der Waals surface area (Å²) >= 11 is 0. The number of hydrogen-bond donors (Lipinski definition) is 1. The molecule has 0 aromatic heterocycles. The minimum absolute atomic E-state index is 0.666. The molecule has 1 N–H and O–H groups in total. The summed E-state index contributed by atoms with van der Waals surface area (Å²) in [4.78, 5) is 0. The van der Waals surface area contributed by atoms with Crippen LogP contribution in [0.1, 0.15) is 69.2 Å². The van der Waals surface area contributed by atoms with E-state index in [1.807, 2.05) is 0 Å². The van der Waals surface area contributed by atoms with Crippen molar-refractivity contribution in [1.82, 2.24) is 5.32 Å². The molecule has 1 heteroatoms. The second kappa shape index (κ2) is 7.49. The van der Waals surface area contributed by atoms with Crippen molar-refractivity contribution in [3.05, 3.63) is 0 Å². The minimum atomic E-state index is 0.666. The van der Waals surface area contributed by atoms with Crippen LogP contribution in [0.5, 0.6) is 0 Å². The van der Waals surface area contributed by atoms with Gasteiger partial charge in [-0.05, 0) is 47.3 Å². The Bertz CT molecular complexity index is 277. The first-order valence-corrected chi connectivity index (χ1v) is 9.35. The molecule has 4 atom stereocenters. The fourth-order valence-corrected chi connectivity index (χ4v) is 5.06. The van der Waals surface area contributed by atoms with E-state index in [0.29, 0.717) is 23.9 Å².